The maximum absolute atomic E-state index is 13.3. The first-order valence-corrected chi connectivity index (χ1v) is 10.8. The van der Waals surface area contributed by atoms with Gasteiger partial charge >= 0.3 is 0 Å². The molecular weight excluding hydrogens is 434 g/mol. The van der Waals surface area contributed by atoms with E-state index in [0.717, 1.165) is 18.8 Å². The molecule has 0 atom stereocenters. The van der Waals surface area contributed by atoms with Crippen LogP contribution in [0.2, 0.25) is 5.02 Å². The maximum atomic E-state index is 13.3. The van der Waals surface area contributed by atoms with Crippen molar-refractivity contribution in [2.75, 3.05) is 30.0 Å². The van der Waals surface area contributed by atoms with Crippen LogP contribution in [0.5, 0.6) is 5.75 Å². The molecule has 2 heterocycles. The van der Waals surface area contributed by atoms with Crippen molar-refractivity contribution >= 4 is 58.2 Å². The Labute approximate surface area is 191 Å². The number of hydrogen-bond acceptors (Lipinski definition) is 5. The van der Waals surface area contributed by atoms with E-state index in [1.54, 1.807) is 38.3 Å². The minimum absolute atomic E-state index is 0.0221. The molecule has 0 saturated carbocycles. The number of nitrogens with zero attached hydrogens (tertiary/aromatic N) is 2. The van der Waals surface area contributed by atoms with Gasteiger partial charge in [-0.1, -0.05) is 17.7 Å². The van der Waals surface area contributed by atoms with Gasteiger partial charge in [0.15, 0.2) is 5.11 Å². The van der Waals surface area contributed by atoms with Crippen LogP contribution in [0.3, 0.4) is 0 Å². The molecule has 1 N–H and O–H groups in total. The molecule has 0 spiro atoms. The summed E-state index contributed by atoms with van der Waals surface area (Å²) in [6.45, 7) is 3.82. The lowest BCUT2D eigenvalue weighted by Gasteiger charge is -2.30. The molecule has 31 heavy (non-hydrogen) atoms. The first-order chi connectivity index (χ1) is 14.9. The Balaban J connectivity index is 1.72. The van der Waals surface area contributed by atoms with E-state index in [4.69, 9.17) is 28.6 Å². The third-order valence-corrected chi connectivity index (χ3v) is 6.26. The van der Waals surface area contributed by atoms with E-state index in [9.17, 15) is 9.59 Å². The van der Waals surface area contributed by atoms with Crippen LogP contribution in [0.1, 0.15) is 24.0 Å². The van der Waals surface area contributed by atoms with Crippen molar-refractivity contribution < 1.29 is 14.3 Å². The molecule has 2 aliphatic heterocycles. The van der Waals surface area contributed by atoms with Gasteiger partial charge in [0.25, 0.3) is 11.8 Å². The first-order valence-electron chi connectivity index (χ1n) is 10.0. The Kier molecular flexibility index (Phi) is 5.98. The van der Waals surface area contributed by atoms with E-state index >= 15 is 0 Å². The summed E-state index contributed by atoms with van der Waals surface area (Å²) in [4.78, 5) is 29.5. The van der Waals surface area contributed by atoms with E-state index in [2.05, 4.69) is 10.2 Å². The summed E-state index contributed by atoms with van der Waals surface area (Å²) >= 11 is 11.5. The van der Waals surface area contributed by atoms with Crippen LogP contribution in [0.4, 0.5) is 11.4 Å². The van der Waals surface area contributed by atoms with Crippen LogP contribution in [0.25, 0.3) is 6.08 Å². The third-order valence-electron chi connectivity index (χ3n) is 5.57. The van der Waals surface area contributed by atoms with Crippen molar-refractivity contribution in [2.45, 2.75) is 19.8 Å². The molecule has 8 heteroatoms. The number of rotatable bonds is 4. The number of anilines is 2. The minimum Gasteiger partial charge on any atom is -0.496 e. The van der Waals surface area contributed by atoms with Gasteiger partial charge < -0.3 is 9.64 Å². The Hall–Kier alpha value is -2.90. The number of nitrogens with one attached hydrogen (secondary N) is 1. The van der Waals surface area contributed by atoms with Crippen LogP contribution in [-0.4, -0.2) is 37.1 Å². The molecule has 2 aliphatic rings. The highest BCUT2D eigenvalue weighted by Crippen LogP contribution is 2.32. The lowest BCUT2D eigenvalue weighted by molar-refractivity contribution is -0.122. The molecule has 0 bridgehead atoms. The van der Waals surface area contributed by atoms with Gasteiger partial charge in [-0.15, -0.1) is 0 Å². The number of amides is 2. The molecule has 2 aromatic carbocycles. The molecular formula is C23H22ClN3O3S. The number of ether oxygens (including phenoxy) is 1. The van der Waals surface area contributed by atoms with Crippen LogP contribution in [0, 0.1) is 6.92 Å². The van der Waals surface area contributed by atoms with Crippen LogP contribution < -0.4 is 19.9 Å². The molecule has 2 aromatic rings. The van der Waals surface area contributed by atoms with Crippen molar-refractivity contribution in [3.63, 3.8) is 0 Å². The second kappa shape index (κ2) is 8.69. The summed E-state index contributed by atoms with van der Waals surface area (Å²) in [6, 6.07) is 11.0. The summed E-state index contributed by atoms with van der Waals surface area (Å²) < 4.78 is 5.55. The van der Waals surface area contributed by atoms with Gasteiger partial charge in [-0.2, -0.15) is 0 Å². The van der Waals surface area contributed by atoms with E-state index < -0.39 is 11.8 Å². The Morgan fingerprint density at radius 1 is 1.16 bits per heavy atom. The van der Waals surface area contributed by atoms with Gasteiger partial charge in [-0.3, -0.25) is 19.8 Å². The molecule has 0 aliphatic carbocycles. The lowest BCUT2D eigenvalue weighted by Crippen LogP contribution is -2.54. The second-order valence-corrected chi connectivity index (χ2v) is 8.26. The molecule has 0 unspecified atom stereocenters. The zero-order valence-electron chi connectivity index (χ0n) is 17.3. The predicted molar refractivity (Wildman–Crippen MR) is 127 cm³/mol. The van der Waals surface area contributed by atoms with Gasteiger partial charge in [0, 0.05) is 35.4 Å². The highest BCUT2D eigenvalue weighted by molar-refractivity contribution is 7.80. The quantitative estimate of drug-likeness (QED) is 0.427. The number of hydrogen-bond donors (Lipinski definition) is 1. The fourth-order valence-electron chi connectivity index (χ4n) is 3.86. The topological polar surface area (TPSA) is 61.9 Å². The first kappa shape index (κ1) is 21.3. The number of thiocarbonyl (C=S) groups is 1. The van der Waals surface area contributed by atoms with E-state index in [-0.39, 0.29) is 10.7 Å². The van der Waals surface area contributed by atoms with Gasteiger partial charge in [0.2, 0.25) is 0 Å². The van der Waals surface area contributed by atoms with Crippen molar-refractivity contribution in [1.29, 1.82) is 0 Å². The molecule has 0 aromatic heterocycles. The molecule has 6 nitrogen and oxygen atoms in total. The van der Waals surface area contributed by atoms with E-state index in [1.807, 2.05) is 18.2 Å². The van der Waals surface area contributed by atoms with Gasteiger partial charge in [0.05, 0.1) is 12.8 Å². The van der Waals surface area contributed by atoms with Crippen LogP contribution in [0.15, 0.2) is 42.0 Å². The molecule has 2 saturated heterocycles. The monoisotopic (exact) mass is 455 g/mol. The highest BCUT2D eigenvalue weighted by atomic mass is 35.5. The Bertz CT molecular complexity index is 1110. The number of carbonyl (C=O) groups is 2. The van der Waals surface area contributed by atoms with Crippen molar-refractivity contribution in [3.05, 3.63) is 58.1 Å². The summed E-state index contributed by atoms with van der Waals surface area (Å²) in [5.74, 6) is -0.461. The number of methoxy groups -OCH3 is 1. The molecule has 2 fully saturated rings. The maximum Gasteiger partial charge on any atom is 0.270 e. The number of halogens is 1. The average molecular weight is 456 g/mol. The Morgan fingerprint density at radius 2 is 1.90 bits per heavy atom. The van der Waals surface area contributed by atoms with E-state index in [1.165, 1.54) is 17.7 Å². The number of benzene rings is 2. The predicted octanol–water partition coefficient (Wildman–Crippen LogP) is 4.09. The number of carbonyl (C=O) groups excluding carboxylic acids is 2. The minimum atomic E-state index is -0.545. The SMILES string of the molecule is COc1cc(N2CCCC2)ccc1/C=C1\C(=O)NC(=S)N(c2cccc(Cl)c2C)C1=O. The van der Waals surface area contributed by atoms with Gasteiger partial charge in [-0.25, -0.2) is 0 Å². The zero-order chi connectivity index (χ0) is 22.1. The average Bonchev–Trinajstić information content (AvgIpc) is 3.29. The smallest absolute Gasteiger partial charge is 0.270 e. The third kappa shape index (κ3) is 4.03. The van der Waals surface area contributed by atoms with E-state index in [0.29, 0.717) is 27.6 Å². The van der Waals surface area contributed by atoms with Gasteiger partial charge in [0.1, 0.15) is 11.3 Å². The van der Waals surface area contributed by atoms with Gasteiger partial charge in [-0.05, 0) is 67.9 Å². The highest BCUT2D eigenvalue weighted by Gasteiger charge is 2.35. The Morgan fingerprint density at radius 3 is 2.61 bits per heavy atom. The molecule has 0 radical (unpaired) electrons. The fourth-order valence-corrected chi connectivity index (χ4v) is 4.30. The molecule has 160 valence electrons. The normalized spacial score (nSPS) is 18.0. The summed E-state index contributed by atoms with van der Waals surface area (Å²) in [5, 5.41) is 3.14. The van der Waals surface area contributed by atoms with Crippen molar-refractivity contribution in [3.8, 4) is 5.75 Å². The lowest BCUT2D eigenvalue weighted by atomic mass is 10.0. The summed E-state index contributed by atoms with van der Waals surface area (Å²) in [7, 11) is 1.57. The largest absolute Gasteiger partial charge is 0.496 e. The molecule has 4 rings (SSSR count). The van der Waals surface area contributed by atoms with Crippen LogP contribution in [-0.2, 0) is 9.59 Å². The van der Waals surface area contributed by atoms with Crippen molar-refractivity contribution in [2.24, 2.45) is 0 Å². The van der Waals surface area contributed by atoms with Crippen LogP contribution >= 0.6 is 23.8 Å². The zero-order valence-corrected chi connectivity index (χ0v) is 18.8. The summed E-state index contributed by atoms with van der Waals surface area (Å²) in [5.41, 5.74) is 2.90. The fraction of sp³-hybridized carbons (Fsp3) is 0.261. The molecule has 2 amide bonds. The summed E-state index contributed by atoms with van der Waals surface area (Å²) in [6.07, 6.45) is 3.88. The standard InChI is InChI=1S/C23H22ClN3O3S/c1-14-18(24)6-5-7-19(14)27-22(29)17(21(28)25-23(27)31)12-15-8-9-16(13-20(15)30-2)26-10-3-4-11-26/h5-9,12-13H,3-4,10-11H2,1-2H3,(H,25,28,31)/b17-12+. The van der Waals surface area contributed by atoms with Crippen molar-refractivity contribution in [1.82, 2.24) is 5.32 Å². The second-order valence-electron chi connectivity index (χ2n) is 7.46.